The van der Waals surface area contributed by atoms with Crippen molar-refractivity contribution in [2.45, 2.75) is 25.5 Å². The second-order valence-corrected chi connectivity index (χ2v) is 6.72. The fourth-order valence-electron chi connectivity index (χ4n) is 2.69. The van der Waals surface area contributed by atoms with Gasteiger partial charge in [0, 0.05) is 0 Å². The van der Waals surface area contributed by atoms with Crippen LogP contribution >= 0.6 is 0 Å². The SMILES string of the molecule is C=CCCCOc1ccccc1C(=O)NC(COCC=C)C(=O)OCc1ccccc1. The van der Waals surface area contributed by atoms with Crippen molar-refractivity contribution in [3.63, 3.8) is 0 Å². The molecule has 0 radical (unpaired) electrons. The number of hydrogen-bond donors (Lipinski definition) is 1. The third-order valence-electron chi connectivity index (χ3n) is 4.28. The molecule has 0 saturated carbocycles. The Bertz CT molecular complexity index is 850. The molecule has 0 aliphatic heterocycles. The highest BCUT2D eigenvalue weighted by atomic mass is 16.5. The molecular formula is C25H29NO5. The van der Waals surface area contributed by atoms with Crippen LogP contribution in [0.4, 0.5) is 0 Å². The van der Waals surface area contributed by atoms with E-state index in [4.69, 9.17) is 14.2 Å². The summed E-state index contributed by atoms with van der Waals surface area (Å²) in [6, 6.07) is 15.3. The average molecular weight is 424 g/mol. The monoisotopic (exact) mass is 423 g/mol. The summed E-state index contributed by atoms with van der Waals surface area (Å²) in [4.78, 5) is 25.5. The molecule has 0 aromatic heterocycles. The number of carbonyl (C=O) groups is 2. The van der Waals surface area contributed by atoms with Gasteiger partial charge in [-0.05, 0) is 30.5 Å². The molecule has 0 saturated heterocycles. The van der Waals surface area contributed by atoms with E-state index in [1.54, 1.807) is 30.3 Å². The molecule has 0 heterocycles. The van der Waals surface area contributed by atoms with Crippen LogP contribution in [0.1, 0.15) is 28.8 Å². The first-order valence-electron chi connectivity index (χ1n) is 10.2. The number of esters is 1. The number of nitrogens with one attached hydrogen (secondary N) is 1. The van der Waals surface area contributed by atoms with Gasteiger partial charge in [-0.15, -0.1) is 13.2 Å². The lowest BCUT2D eigenvalue weighted by Gasteiger charge is -2.19. The van der Waals surface area contributed by atoms with Crippen LogP contribution in [0.2, 0.25) is 0 Å². The predicted molar refractivity (Wildman–Crippen MR) is 120 cm³/mol. The molecule has 0 aliphatic carbocycles. The van der Waals surface area contributed by atoms with E-state index in [0.29, 0.717) is 17.9 Å². The molecular weight excluding hydrogens is 394 g/mol. The van der Waals surface area contributed by atoms with E-state index in [9.17, 15) is 9.59 Å². The highest BCUT2D eigenvalue weighted by molar-refractivity contribution is 5.99. The van der Waals surface area contributed by atoms with Crippen LogP contribution in [0.3, 0.4) is 0 Å². The van der Waals surface area contributed by atoms with Gasteiger partial charge in [0.2, 0.25) is 0 Å². The molecule has 0 aliphatic rings. The first kappa shape index (κ1) is 23.9. The maximum Gasteiger partial charge on any atom is 0.331 e. The first-order chi connectivity index (χ1) is 15.2. The quantitative estimate of drug-likeness (QED) is 0.282. The Kier molecular flexibility index (Phi) is 10.6. The van der Waals surface area contributed by atoms with E-state index in [1.165, 1.54) is 0 Å². The van der Waals surface area contributed by atoms with Crippen molar-refractivity contribution in [3.8, 4) is 5.75 Å². The van der Waals surface area contributed by atoms with Gasteiger partial charge in [0.25, 0.3) is 5.91 Å². The van der Waals surface area contributed by atoms with Gasteiger partial charge in [0.1, 0.15) is 12.4 Å². The minimum atomic E-state index is -0.968. The van der Waals surface area contributed by atoms with Crippen LogP contribution in [0.25, 0.3) is 0 Å². The maximum atomic E-state index is 12.9. The summed E-state index contributed by atoms with van der Waals surface area (Å²) < 4.78 is 16.5. The minimum absolute atomic E-state index is 0.0340. The molecule has 164 valence electrons. The molecule has 0 fully saturated rings. The molecule has 1 amide bonds. The Morgan fingerprint density at radius 1 is 1.00 bits per heavy atom. The highest BCUT2D eigenvalue weighted by Gasteiger charge is 2.24. The van der Waals surface area contributed by atoms with Crippen molar-refractivity contribution in [2.75, 3.05) is 19.8 Å². The molecule has 2 rings (SSSR count). The van der Waals surface area contributed by atoms with Crippen molar-refractivity contribution >= 4 is 11.9 Å². The van der Waals surface area contributed by atoms with E-state index in [-0.39, 0.29) is 19.8 Å². The number of carbonyl (C=O) groups excluding carboxylic acids is 2. The van der Waals surface area contributed by atoms with E-state index < -0.39 is 17.9 Å². The number of benzene rings is 2. The number of rotatable bonds is 14. The Balaban J connectivity index is 2.03. The Morgan fingerprint density at radius 3 is 2.48 bits per heavy atom. The molecule has 1 unspecified atom stereocenters. The minimum Gasteiger partial charge on any atom is -0.493 e. The number of ether oxygens (including phenoxy) is 3. The van der Waals surface area contributed by atoms with E-state index in [2.05, 4.69) is 18.5 Å². The zero-order chi connectivity index (χ0) is 22.3. The second kappa shape index (κ2) is 13.8. The summed E-state index contributed by atoms with van der Waals surface area (Å²) in [6.07, 6.45) is 5.01. The first-order valence-corrected chi connectivity index (χ1v) is 10.2. The van der Waals surface area contributed by atoms with Crippen molar-refractivity contribution in [1.29, 1.82) is 0 Å². The largest absolute Gasteiger partial charge is 0.493 e. The van der Waals surface area contributed by atoms with Gasteiger partial charge in [-0.2, -0.15) is 0 Å². The number of unbranched alkanes of at least 4 members (excludes halogenated alkanes) is 1. The molecule has 31 heavy (non-hydrogen) atoms. The van der Waals surface area contributed by atoms with Crippen molar-refractivity contribution in [3.05, 3.63) is 91.0 Å². The number of amides is 1. The number of allylic oxidation sites excluding steroid dienone is 1. The standard InChI is InChI=1S/C25H29NO5/c1-3-5-11-17-30-23-15-10-9-14-21(23)24(27)26-22(19-29-16-4-2)25(28)31-18-20-12-7-6-8-13-20/h3-4,6-10,12-15,22H,1-2,5,11,16-19H2,(H,26,27). The third kappa shape index (κ3) is 8.48. The average Bonchev–Trinajstić information content (AvgIpc) is 2.80. The molecule has 1 atom stereocenters. The second-order valence-electron chi connectivity index (χ2n) is 6.72. The van der Waals surface area contributed by atoms with Gasteiger partial charge in [0.15, 0.2) is 6.04 Å². The van der Waals surface area contributed by atoms with Crippen LogP contribution in [-0.4, -0.2) is 37.7 Å². The topological polar surface area (TPSA) is 73.9 Å². The summed E-state index contributed by atoms with van der Waals surface area (Å²) in [5.74, 6) is -0.568. The fraction of sp³-hybridized carbons (Fsp3) is 0.280. The molecule has 2 aromatic carbocycles. The van der Waals surface area contributed by atoms with Crippen LogP contribution in [0.5, 0.6) is 5.75 Å². The van der Waals surface area contributed by atoms with Gasteiger partial charge in [-0.25, -0.2) is 4.79 Å². The molecule has 1 N–H and O–H groups in total. The van der Waals surface area contributed by atoms with Gasteiger partial charge in [0.05, 0.1) is 25.4 Å². The summed E-state index contributed by atoms with van der Waals surface area (Å²) in [5, 5.41) is 2.70. The van der Waals surface area contributed by atoms with Gasteiger partial charge < -0.3 is 19.5 Å². The molecule has 0 bridgehead atoms. The molecule has 6 heteroatoms. The smallest absolute Gasteiger partial charge is 0.331 e. The van der Waals surface area contributed by atoms with Crippen LogP contribution in [-0.2, 0) is 20.9 Å². The van der Waals surface area contributed by atoms with Crippen molar-refractivity contribution < 1.29 is 23.8 Å². The summed E-state index contributed by atoms with van der Waals surface area (Å²) in [7, 11) is 0. The van der Waals surface area contributed by atoms with E-state index in [1.807, 2.05) is 36.4 Å². The Hall–Kier alpha value is -3.38. The Morgan fingerprint density at radius 2 is 1.74 bits per heavy atom. The number of para-hydroxylation sites is 1. The lowest BCUT2D eigenvalue weighted by molar-refractivity contribution is -0.148. The lowest BCUT2D eigenvalue weighted by atomic mass is 10.1. The Labute approximate surface area is 183 Å². The van der Waals surface area contributed by atoms with E-state index in [0.717, 1.165) is 18.4 Å². The fourth-order valence-corrected chi connectivity index (χ4v) is 2.69. The van der Waals surface area contributed by atoms with Crippen molar-refractivity contribution in [2.24, 2.45) is 0 Å². The van der Waals surface area contributed by atoms with Gasteiger partial charge in [-0.1, -0.05) is 54.6 Å². The van der Waals surface area contributed by atoms with E-state index >= 15 is 0 Å². The van der Waals surface area contributed by atoms with Gasteiger partial charge in [-0.3, -0.25) is 4.79 Å². The molecule has 2 aromatic rings. The zero-order valence-electron chi connectivity index (χ0n) is 17.6. The molecule has 6 nitrogen and oxygen atoms in total. The summed E-state index contributed by atoms with van der Waals surface area (Å²) in [5.41, 5.74) is 1.19. The summed E-state index contributed by atoms with van der Waals surface area (Å²) >= 11 is 0. The maximum absolute atomic E-state index is 12.9. The lowest BCUT2D eigenvalue weighted by Crippen LogP contribution is -2.45. The zero-order valence-corrected chi connectivity index (χ0v) is 17.6. The van der Waals surface area contributed by atoms with Crippen molar-refractivity contribution in [1.82, 2.24) is 5.32 Å². The highest BCUT2D eigenvalue weighted by Crippen LogP contribution is 2.18. The summed E-state index contributed by atoms with van der Waals surface area (Å²) in [6.45, 7) is 8.06. The predicted octanol–water partition coefficient (Wildman–Crippen LogP) is 4.08. The van der Waals surface area contributed by atoms with Crippen LogP contribution < -0.4 is 10.1 Å². The molecule has 0 spiro atoms. The van der Waals surface area contributed by atoms with Gasteiger partial charge >= 0.3 is 5.97 Å². The number of hydrogen-bond acceptors (Lipinski definition) is 5. The third-order valence-corrected chi connectivity index (χ3v) is 4.28. The normalized spacial score (nSPS) is 11.2. The van der Waals surface area contributed by atoms with Crippen LogP contribution in [0, 0.1) is 0 Å². The van der Waals surface area contributed by atoms with Crippen LogP contribution in [0.15, 0.2) is 79.9 Å².